The summed E-state index contributed by atoms with van der Waals surface area (Å²) in [4.78, 5) is 49.2. The number of rotatable bonds is 6. The first-order chi connectivity index (χ1) is 13.3. The summed E-state index contributed by atoms with van der Waals surface area (Å²) in [5.74, 6) is -1.62. The lowest BCUT2D eigenvalue weighted by Gasteiger charge is -2.10. The summed E-state index contributed by atoms with van der Waals surface area (Å²) >= 11 is 0. The SMILES string of the molecule is CC(NC(=O)c1ccc(NCc2cnc3nc(N)[nH]c(=O)c3n2)cc1)C(=O)O. The number of carboxylic acids is 1. The minimum Gasteiger partial charge on any atom is -0.480 e. The van der Waals surface area contributed by atoms with Crippen LogP contribution in [0.5, 0.6) is 0 Å². The molecule has 0 saturated carbocycles. The van der Waals surface area contributed by atoms with Crippen LogP contribution in [0.4, 0.5) is 11.6 Å². The predicted octanol–water partition coefficient (Wildman–Crippen LogP) is 0.110. The van der Waals surface area contributed by atoms with Gasteiger partial charge in [-0.2, -0.15) is 4.98 Å². The van der Waals surface area contributed by atoms with Crippen LogP contribution in [0, 0.1) is 0 Å². The first kappa shape index (κ1) is 18.8. The summed E-state index contributed by atoms with van der Waals surface area (Å²) in [6.07, 6.45) is 1.48. The number of nitrogens with one attached hydrogen (secondary N) is 3. The molecule has 0 fully saturated rings. The summed E-state index contributed by atoms with van der Waals surface area (Å²) in [6, 6.07) is 5.49. The number of nitrogens with two attached hydrogens (primary N) is 1. The van der Waals surface area contributed by atoms with E-state index in [4.69, 9.17) is 10.8 Å². The lowest BCUT2D eigenvalue weighted by Crippen LogP contribution is -2.38. The lowest BCUT2D eigenvalue weighted by atomic mass is 10.2. The molecule has 1 unspecified atom stereocenters. The van der Waals surface area contributed by atoms with Crippen molar-refractivity contribution in [3.8, 4) is 0 Å². The Labute approximate surface area is 158 Å². The molecule has 28 heavy (non-hydrogen) atoms. The molecule has 11 heteroatoms. The van der Waals surface area contributed by atoms with E-state index in [1.165, 1.54) is 13.1 Å². The summed E-state index contributed by atoms with van der Waals surface area (Å²) in [5.41, 5.74) is 6.80. The second-order valence-electron chi connectivity index (χ2n) is 5.95. The topological polar surface area (TPSA) is 176 Å². The first-order valence-corrected chi connectivity index (χ1v) is 8.22. The minimum atomic E-state index is -1.11. The molecule has 2 aromatic heterocycles. The van der Waals surface area contributed by atoms with E-state index in [-0.39, 0.29) is 23.7 Å². The molecule has 0 saturated heterocycles. The Hall–Kier alpha value is -4.02. The van der Waals surface area contributed by atoms with Crippen LogP contribution in [0.15, 0.2) is 35.3 Å². The van der Waals surface area contributed by atoms with Gasteiger partial charge < -0.3 is 21.5 Å². The van der Waals surface area contributed by atoms with E-state index in [0.717, 1.165) is 0 Å². The second-order valence-corrected chi connectivity index (χ2v) is 5.95. The third kappa shape index (κ3) is 4.20. The molecule has 2 heterocycles. The number of aliphatic carboxylic acids is 1. The van der Waals surface area contributed by atoms with Gasteiger partial charge in [-0.3, -0.25) is 19.4 Å². The number of carbonyl (C=O) groups is 2. The van der Waals surface area contributed by atoms with E-state index in [1.807, 2.05) is 0 Å². The number of amides is 1. The zero-order valence-corrected chi connectivity index (χ0v) is 14.8. The number of carboxylic acid groups (broad SMARTS) is 1. The van der Waals surface area contributed by atoms with Gasteiger partial charge in [-0.1, -0.05) is 0 Å². The fourth-order valence-corrected chi connectivity index (χ4v) is 2.33. The fraction of sp³-hybridized carbons (Fsp3) is 0.176. The largest absolute Gasteiger partial charge is 0.480 e. The van der Waals surface area contributed by atoms with E-state index < -0.39 is 23.5 Å². The molecular weight excluding hydrogens is 366 g/mol. The van der Waals surface area contributed by atoms with Crippen LogP contribution < -0.4 is 21.9 Å². The normalized spacial score (nSPS) is 11.8. The number of H-pyrrole nitrogens is 1. The van der Waals surface area contributed by atoms with Crippen LogP contribution >= 0.6 is 0 Å². The van der Waals surface area contributed by atoms with Crippen LogP contribution in [-0.2, 0) is 11.3 Å². The average Bonchev–Trinajstić information content (AvgIpc) is 2.66. The van der Waals surface area contributed by atoms with Gasteiger partial charge in [-0.25, -0.2) is 9.97 Å². The highest BCUT2D eigenvalue weighted by molar-refractivity contribution is 5.96. The molecule has 0 bridgehead atoms. The molecule has 1 amide bonds. The van der Waals surface area contributed by atoms with Crippen molar-refractivity contribution in [3.63, 3.8) is 0 Å². The molecule has 0 radical (unpaired) electrons. The van der Waals surface area contributed by atoms with Crippen LogP contribution in [0.3, 0.4) is 0 Å². The third-order valence-electron chi connectivity index (χ3n) is 3.82. The highest BCUT2D eigenvalue weighted by Gasteiger charge is 2.15. The molecule has 11 nitrogen and oxygen atoms in total. The Morgan fingerprint density at radius 3 is 2.64 bits per heavy atom. The minimum absolute atomic E-state index is 0.0282. The highest BCUT2D eigenvalue weighted by Crippen LogP contribution is 2.11. The number of nitrogen functional groups attached to an aromatic ring is 1. The van der Waals surface area contributed by atoms with Gasteiger partial charge in [0.2, 0.25) is 5.95 Å². The van der Waals surface area contributed by atoms with Gasteiger partial charge in [-0.05, 0) is 31.2 Å². The number of hydrogen-bond acceptors (Lipinski definition) is 8. The number of carbonyl (C=O) groups excluding carboxylic acids is 1. The maximum Gasteiger partial charge on any atom is 0.325 e. The first-order valence-electron chi connectivity index (χ1n) is 8.22. The van der Waals surface area contributed by atoms with Gasteiger partial charge in [0.1, 0.15) is 6.04 Å². The molecule has 0 aliphatic heterocycles. The molecule has 6 N–H and O–H groups in total. The Kier molecular flexibility index (Phi) is 5.16. The Balaban J connectivity index is 1.66. The van der Waals surface area contributed by atoms with E-state index in [2.05, 4.69) is 30.6 Å². The molecule has 0 spiro atoms. The number of fused-ring (bicyclic) bond motifs is 1. The summed E-state index contributed by atoms with van der Waals surface area (Å²) in [7, 11) is 0. The van der Waals surface area contributed by atoms with Gasteiger partial charge in [0, 0.05) is 11.3 Å². The number of hydrogen-bond donors (Lipinski definition) is 5. The van der Waals surface area contributed by atoms with Crippen LogP contribution in [0.1, 0.15) is 23.0 Å². The van der Waals surface area contributed by atoms with Gasteiger partial charge in [0.15, 0.2) is 11.2 Å². The van der Waals surface area contributed by atoms with Crippen molar-refractivity contribution in [1.29, 1.82) is 0 Å². The van der Waals surface area contributed by atoms with E-state index in [0.29, 0.717) is 16.9 Å². The maximum absolute atomic E-state index is 12.0. The quantitative estimate of drug-likeness (QED) is 0.395. The van der Waals surface area contributed by atoms with Crippen molar-refractivity contribution < 1.29 is 14.7 Å². The van der Waals surface area contributed by atoms with Crippen LogP contribution in [0.2, 0.25) is 0 Å². The van der Waals surface area contributed by atoms with Gasteiger partial charge >= 0.3 is 5.97 Å². The van der Waals surface area contributed by atoms with Gasteiger partial charge in [0.05, 0.1) is 18.4 Å². The Morgan fingerprint density at radius 1 is 1.25 bits per heavy atom. The number of nitrogens with zero attached hydrogens (tertiary/aromatic N) is 3. The third-order valence-corrected chi connectivity index (χ3v) is 3.82. The number of benzene rings is 1. The Morgan fingerprint density at radius 2 is 1.96 bits per heavy atom. The van der Waals surface area contributed by atoms with Crippen molar-refractivity contribution in [3.05, 3.63) is 52.1 Å². The smallest absolute Gasteiger partial charge is 0.325 e. The number of anilines is 2. The van der Waals surface area contributed by atoms with Gasteiger partial charge in [0.25, 0.3) is 11.5 Å². The second kappa shape index (κ2) is 7.70. The maximum atomic E-state index is 12.0. The number of aromatic amines is 1. The monoisotopic (exact) mass is 383 g/mol. The van der Waals surface area contributed by atoms with Crippen molar-refractivity contribution in [2.24, 2.45) is 0 Å². The van der Waals surface area contributed by atoms with Gasteiger partial charge in [-0.15, -0.1) is 0 Å². The predicted molar refractivity (Wildman–Crippen MR) is 101 cm³/mol. The summed E-state index contributed by atoms with van der Waals surface area (Å²) < 4.78 is 0. The van der Waals surface area contributed by atoms with E-state index in [9.17, 15) is 14.4 Å². The fourth-order valence-electron chi connectivity index (χ4n) is 2.33. The number of aromatic nitrogens is 4. The molecule has 3 aromatic rings. The van der Waals surface area contributed by atoms with Crippen LogP contribution in [0.25, 0.3) is 11.2 Å². The molecular formula is C17H17N7O4. The molecule has 144 valence electrons. The molecule has 1 aromatic carbocycles. The zero-order valence-electron chi connectivity index (χ0n) is 14.8. The molecule has 0 aliphatic carbocycles. The summed E-state index contributed by atoms with van der Waals surface area (Å²) in [6.45, 7) is 1.67. The highest BCUT2D eigenvalue weighted by atomic mass is 16.4. The average molecular weight is 383 g/mol. The van der Waals surface area contributed by atoms with Crippen molar-refractivity contribution in [2.45, 2.75) is 19.5 Å². The van der Waals surface area contributed by atoms with Crippen molar-refractivity contribution in [1.82, 2.24) is 25.3 Å². The Bertz CT molecular complexity index is 1090. The molecule has 1 atom stereocenters. The summed E-state index contributed by atoms with van der Waals surface area (Å²) in [5, 5.41) is 14.3. The lowest BCUT2D eigenvalue weighted by molar-refractivity contribution is -0.138. The van der Waals surface area contributed by atoms with Crippen molar-refractivity contribution in [2.75, 3.05) is 11.1 Å². The van der Waals surface area contributed by atoms with Crippen molar-refractivity contribution >= 4 is 34.7 Å². The van der Waals surface area contributed by atoms with E-state index >= 15 is 0 Å². The standard InChI is InChI=1S/C17H17N7O4/c1-8(16(27)28)21-14(25)9-2-4-10(5-3-9)19-6-11-7-20-13-12(22-11)15(26)24-17(18)23-13/h2-5,7-8,19H,6H2,1H3,(H,21,25)(H,27,28)(H3,18,20,23,24,26). The molecule has 3 rings (SSSR count). The zero-order chi connectivity index (χ0) is 20.3. The van der Waals surface area contributed by atoms with E-state index in [1.54, 1.807) is 24.3 Å². The molecule has 0 aliphatic rings. The van der Waals surface area contributed by atoms with Crippen LogP contribution in [-0.4, -0.2) is 43.0 Å².